The predicted octanol–water partition coefficient (Wildman–Crippen LogP) is 4.96. The molecule has 0 saturated carbocycles. The van der Waals surface area contributed by atoms with Gasteiger partial charge >= 0.3 is 0 Å². The number of aromatic nitrogens is 2. The molecule has 1 atom stereocenters. The van der Waals surface area contributed by atoms with Gasteiger partial charge in [0.05, 0.1) is 13.0 Å². The highest BCUT2D eigenvalue weighted by molar-refractivity contribution is 5.93. The van der Waals surface area contributed by atoms with Crippen LogP contribution in [-0.2, 0) is 17.8 Å². The maximum absolute atomic E-state index is 12.9. The number of amides is 1. The quantitative estimate of drug-likeness (QED) is 0.532. The summed E-state index contributed by atoms with van der Waals surface area (Å²) in [6.45, 7) is 4.66. The number of anilines is 1. The van der Waals surface area contributed by atoms with Gasteiger partial charge in [0.1, 0.15) is 11.6 Å². The van der Waals surface area contributed by atoms with E-state index >= 15 is 0 Å². The predicted molar refractivity (Wildman–Crippen MR) is 131 cm³/mol. The summed E-state index contributed by atoms with van der Waals surface area (Å²) < 4.78 is 5.31. The number of ether oxygens (including phenoxy) is 1. The number of carbonyl (C=O) groups excluding carboxylic acids is 1. The second-order valence-electron chi connectivity index (χ2n) is 8.63. The van der Waals surface area contributed by atoms with Crippen LogP contribution in [0.5, 0.6) is 5.75 Å². The minimum Gasteiger partial charge on any atom is -0.497 e. The lowest BCUT2D eigenvalue weighted by Crippen LogP contribution is -2.40. The lowest BCUT2D eigenvalue weighted by molar-refractivity contribution is -0.121. The molecule has 1 N–H and O–H groups in total. The highest BCUT2D eigenvalue weighted by Crippen LogP contribution is 2.26. The molecule has 0 radical (unpaired) electrons. The average molecular weight is 445 g/mol. The molecule has 0 bridgehead atoms. The van der Waals surface area contributed by atoms with Gasteiger partial charge in [-0.3, -0.25) is 9.69 Å². The Kier molecular flexibility index (Phi) is 7.68. The molecule has 6 heteroatoms. The van der Waals surface area contributed by atoms with Crippen molar-refractivity contribution in [1.29, 1.82) is 0 Å². The smallest absolute Gasteiger partial charge is 0.228 e. The Hall–Kier alpha value is -3.25. The number of carbonyl (C=O) groups is 1. The highest BCUT2D eigenvalue weighted by Gasteiger charge is 2.26. The molecule has 1 fully saturated rings. The van der Waals surface area contributed by atoms with Gasteiger partial charge in [0.15, 0.2) is 0 Å². The maximum Gasteiger partial charge on any atom is 0.228 e. The molecule has 33 heavy (non-hydrogen) atoms. The van der Waals surface area contributed by atoms with Crippen LogP contribution in [0.1, 0.15) is 37.6 Å². The van der Waals surface area contributed by atoms with E-state index < -0.39 is 0 Å². The third-order valence-electron chi connectivity index (χ3n) is 6.07. The van der Waals surface area contributed by atoms with Crippen LogP contribution in [0, 0.1) is 5.92 Å². The number of benzene rings is 2. The zero-order valence-electron chi connectivity index (χ0n) is 19.5. The SMILES string of the molecule is CCCc1ncc(CN2CCCC(C(=O)Nc3ccc(-c4cccc(OC)c4)cc3)C2)cn1. The molecule has 3 aromatic rings. The fourth-order valence-corrected chi connectivity index (χ4v) is 4.28. The van der Waals surface area contributed by atoms with Crippen LogP contribution in [0.2, 0.25) is 0 Å². The number of methoxy groups -OCH3 is 1. The Bertz CT molecular complexity index is 1050. The minimum atomic E-state index is -0.0166. The van der Waals surface area contributed by atoms with E-state index in [0.717, 1.165) is 79.3 Å². The van der Waals surface area contributed by atoms with Crippen molar-refractivity contribution in [3.8, 4) is 16.9 Å². The Labute approximate surface area is 196 Å². The Morgan fingerprint density at radius 3 is 2.64 bits per heavy atom. The first-order chi connectivity index (χ1) is 16.1. The van der Waals surface area contributed by atoms with E-state index in [1.54, 1.807) is 7.11 Å². The van der Waals surface area contributed by atoms with E-state index in [9.17, 15) is 4.79 Å². The summed E-state index contributed by atoms with van der Waals surface area (Å²) in [6, 6.07) is 15.9. The van der Waals surface area contributed by atoms with E-state index in [-0.39, 0.29) is 11.8 Å². The first-order valence-electron chi connectivity index (χ1n) is 11.7. The van der Waals surface area contributed by atoms with E-state index in [0.29, 0.717) is 0 Å². The van der Waals surface area contributed by atoms with Crippen LogP contribution in [0.25, 0.3) is 11.1 Å². The van der Waals surface area contributed by atoms with Gasteiger partial charge in [-0.05, 0) is 61.2 Å². The van der Waals surface area contributed by atoms with Gasteiger partial charge in [0, 0.05) is 43.2 Å². The van der Waals surface area contributed by atoms with Crippen LogP contribution >= 0.6 is 0 Å². The number of nitrogens with zero attached hydrogens (tertiary/aromatic N) is 3. The molecule has 0 aliphatic carbocycles. The van der Waals surface area contributed by atoms with Crippen LogP contribution in [0.15, 0.2) is 60.9 Å². The molecule has 0 spiro atoms. The normalized spacial score (nSPS) is 16.4. The van der Waals surface area contributed by atoms with E-state index in [1.807, 2.05) is 54.9 Å². The van der Waals surface area contributed by atoms with Gasteiger partial charge in [-0.1, -0.05) is 31.2 Å². The van der Waals surface area contributed by atoms with Crippen LogP contribution in [0.3, 0.4) is 0 Å². The van der Waals surface area contributed by atoms with E-state index in [2.05, 4.69) is 33.2 Å². The molecule has 1 aliphatic heterocycles. The van der Waals surface area contributed by atoms with E-state index in [1.165, 1.54) is 0 Å². The molecular weight excluding hydrogens is 412 g/mol. The van der Waals surface area contributed by atoms with Crippen molar-refractivity contribution < 1.29 is 9.53 Å². The first kappa shape index (κ1) is 22.9. The Morgan fingerprint density at radius 1 is 1.12 bits per heavy atom. The summed E-state index contributed by atoms with van der Waals surface area (Å²) in [7, 11) is 1.67. The van der Waals surface area contributed by atoms with Gasteiger partial charge < -0.3 is 10.1 Å². The second kappa shape index (κ2) is 11.1. The standard InChI is InChI=1S/C27H32N4O2/c1-3-6-26-28-16-20(17-29-26)18-31-14-5-8-23(19-31)27(32)30-24-12-10-21(11-13-24)22-7-4-9-25(15-22)33-2/h4,7,9-13,15-17,23H,3,5-6,8,14,18-19H2,1-2H3,(H,30,32). The number of rotatable bonds is 8. The molecular formula is C27H32N4O2. The van der Waals surface area contributed by atoms with Crippen molar-refractivity contribution in [1.82, 2.24) is 14.9 Å². The van der Waals surface area contributed by atoms with Crippen molar-refractivity contribution >= 4 is 11.6 Å². The van der Waals surface area contributed by atoms with Crippen molar-refractivity contribution in [2.75, 3.05) is 25.5 Å². The lowest BCUT2D eigenvalue weighted by atomic mass is 9.96. The summed E-state index contributed by atoms with van der Waals surface area (Å²) in [4.78, 5) is 24.2. The maximum atomic E-state index is 12.9. The number of hydrogen-bond acceptors (Lipinski definition) is 5. The molecule has 1 amide bonds. The molecule has 172 valence electrons. The number of likely N-dealkylation sites (tertiary alicyclic amines) is 1. The topological polar surface area (TPSA) is 67.4 Å². The average Bonchev–Trinajstić information content (AvgIpc) is 2.86. The van der Waals surface area contributed by atoms with Gasteiger partial charge in [0.25, 0.3) is 0 Å². The molecule has 1 aliphatic rings. The molecule has 1 aromatic heterocycles. The molecule has 2 heterocycles. The van der Waals surface area contributed by atoms with Crippen LogP contribution in [-0.4, -0.2) is 41.0 Å². The Morgan fingerprint density at radius 2 is 1.91 bits per heavy atom. The minimum absolute atomic E-state index is 0.0166. The van der Waals surface area contributed by atoms with Gasteiger partial charge in [-0.15, -0.1) is 0 Å². The summed E-state index contributed by atoms with van der Waals surface area (Å²) in [5.74, 6) is 1.80. The fourth-order valence-electron chi connectivity index (χ4n) is 4.28. The molecule has 2 aromatic carbocycles. The van der Waals surface area contributed by atoms with Crippen LogP contribution < -0.4 is 10.1 Å². The number of hydrogen-bond donors (Lipinski definition) is 1. The van der Waals surface area contributed by atoms with Crippen molar-refractivity contribution in [2.24, 2.45) is 5.92 Å². The molecule has 4 rings (SSSR count). The third-order valence-corrected chi connectivity index (χ3v) is 6.07. The lowest BCUT2D eigenvalue weighted by Gasteiger charge is -2.31. The zero-order chi connectivity index (χ0) is 23.0. The second-order valence-corrected chi connectivity index (χ2v) is 8.63. The van der Waals surface area contributed by atoms with Crippen molar-refractivity contribution in [3.63, 3.8) is 0 Å². The molecule has 1 saturated heterocycles. The van der Waals surface area contributed by atoms with Gasteiger partial charge in [0.2, 0.25) is 5.91 Å². The number of aryl methyl sites for hydroxylation is 1. The first-order valence-corrected chi connectivity index (χ1v) is 11.7. The van der Waals surface area contributed by atoms with E-state index in [4.69, 9.17) is 4.74 Å². The van der Waals surface area contributed by atoms with Crippen LogP contribution in [0.4, 0.5) is 5.69 Å². The van der Waals surface area contributed by atoms with Gasteiger partial charge in [-0.25, -0.2) is 9.97 Å². The number of nitrogens with one attached hydrogen (secondary N) is 1. The summed E-state index contributed by atoms with van der Waals surface area (Å²) in [6.07, 6.45) is 7.73. The zero-order valence-corrected chi connectivity index (χ0v) is 19.5. The molecule has 6 nitrogen and oxygen atoms in total. The summed E-state index contributed by atoms with van der Waals surface area (Å²) in [5.41, 5.74) is 4.09. The Balaban J connectivity index is 1.33. The third kappa shape index (κ3) is 6.17. The number of piperidine rings is 1. The largest absolute Gasteiger partial charge is 0.497 e. The fraction of sp³-hybridized carbons (Fsp3) is 0.370. The molecule has 1 unspecified atom stereocenters. The van der Waals surface area contributed by atoms with Crippen molar-refractivity contribution in [3.05, 3.63) is 72.3 Å². The highest BCUT2D eigenvalue weighted by atomic mass is 16.5. The monoisotopic (exact) mass is 444 g/mol. The summed E-state index contributed by atoms with van der Waals surface area (Å²) in [5, 5.41) is 3.10. The van der Waals surface area contributed by atoms with Gasteiger partial charge in [-0.2, -0.15) is 0 Å². The summed E-state index contributed by atoms with van der Waals surface area (Å²) >= 11 is 0. The van der Waals surface area contributed by atoms with Crippen molar-refractivity contribution in [2.45, 2.75) is 39.2 Å².